The van der Waals surface area contributed by atoms with Gasteiger partial charge in [0, 0.05) is 18.8 Å². The van der Waals surface area contributed by atoms with E-state index in [1.54, 1.807) is 19.2 Å². The Balaban J connectivity index is 1.72. The number of hydrogen-bond donors (Lipinski definition) is 2. The van der Waals surface area contributed by atoms with E-state index >= 15 is 0 Å². The Hall–Kier alpha value is -2.07. The molecule has 0 saturated carbocycles. The number of aromatic hydroxyl groups is 1. The fourth-order valence-electron chi connectivity index (χ4n) is 1.76. The van der Waals surface area contributed by atoms with Crippen molar-refractivity contribution >= 4 is 0 Å². The van der Waals surface area contributed by atoms with E-state index in [2.05, 4.69) is 10.3 Å². The smallest absolute Gasteiger partial charge is 0.212 e. The fourth-order valence-corrected chi connectivity index (χ4v) is 1.76. The van der Waals surface area contributed by atoms with Crippen LogP contribution in [0.1, 0.15) is 11.1 Å². The third kappa shape index (κ3) is 4.26. The lowest BCUT2D eigenvalue weighted by molar-refractivity contribution is 0.397. The van der Waals surface area contributed by atoms with Crippen LogP contribution in [-0.4, -0.2) is 23.7 Å². The van der Waals surface area contributed by atoms with Gasteiger partial charge in [0.2, 0.25) is 5.88 Å². The molecule has 0 atom stereocenters. The van der Waals surface area contributed by atoms with Gasteiger partial charge < -0.3 is 15.2 Å². The number of nitrogens with zero attached hydrogens (tertiary/aromatic N) is 1. The summed E-state index contributed by atoms with van der Waals surface area (Å²) in [6.07, 6.45) is 2.75. The van der Waals surface area contributed by atoms with Gasteiger partial charge in [-0.05, 0) is 36.2 Å². The van der Waals surface area contributed by atoms with Crippen molar-refractivity contribution in [1.82, 2.24) is 10.3 Å². The highest BCUT2D eigenvalue weighted by molar-refractivity contribution is 5.26. The maximum absolute atomic E-state index is 9.19. The average Bonchev–Trinajstić information content (AvgIpc) is 2.46. The van der Waals surface area contributed by atoms with Gasteiger partial charge in [-0.25, -0.2) is 4.98 Å². The molecule has 0 radical (unpaired) electrons. The van der Waals surface area contributed by atoms with Crippen molar-refractivity contribution in [3.63, 3.8) is 0 Å². The normalized spacial score (nSPS) is 10.4. The Bertz CT molecular complexity index is 495. The molecule has 2 N–H and O–H groups in total. The molecule has 100 valence electrons. The zero-order valence-corrected chi connectivity index (χ0v) is 11.0. The van der Waals surface area contributed by atoms with Crippen molar-refractivity contribution in [3.05, 3.63) is 53.7 Å². The number of methoxy groups -OCH3 is 1. The lowest BCUT2D eigenvalue weighted by Gasteiger charge is -2.06. The summed E-state index contributed by atoms with van der Waals surface area (Å²) in [6, 6.07) is 11.2. The summed E-state index contributed by atoms with van der Waals surface area (Å²) < 4.78 is 5.01. The van der Waals surface area contributed by atoms with Crippen molar-refractivity contribution in [3.8, 4) is 11.6 Å². The number of ether oxygens (including phenoxy) is 1. The molecule has 1 aromatic heterocycles. The van der Waals surface area contributed by atoms with E-state index in [0.29, 0.717) is 11.6 Å². The monoisotopic (exact) mass is 258 g/mol. The number of aromatic nitrogens is 1. The quantitative estimate of drug-likeness (QED) is 0.779. The lowest BCUT2D eigenvalue weighted by Crippen LogP contribution is -2.16. The number of pyridine rings is 1. The first-order valence-electron chi connectivity index (χ1n) is 6.25. The zero-order valence-electron chi connectivity index (χ0n) is 11.0. The standard InChI is InChI=1S/C15H18N2O2/c1-19-15-7-4-13(11-17-15)10-16-9-8-12-2-5-14(18)6-3-12/h2-7,11,16,18H,8-10H2,1H3. The number of phenols is 1. The Morgan fingerprint density at radius 1 is 1.11 bits per heavy atom. The summed E-state index contributed by atoms with van der Waals surface area (Å²) in [5.41, 5.74) is 2.34. The van der Waals surface area contributed by atoms with Gasteiger partial charge >= 0.3 is 0 Å². The highest BCUT2D eigenvalue weighted by Crippen LogP contribution is 2.10. The maximum Gasteiger partial charge on any atom is 0.212 e. The predicted octanol–water partition coefficient (Wildman–Crippen LogP) is 2.13. The van der Waals surface area contributed by atoms with Gasteiger partial charge in [0.25, 0.3) is 0 Å². The number of benzene rings is 1. The molecule has 0 amide bonds. The third-order valence-corrected chi connectivity index (χ3v) is 2.86. The highest BCUT2D eigenvalue weighted by atomic mass is 16.5. The predicted molar refractivity (Wildman–Crippen MR) is 74.3 cm³/mol. The molecule has 0 aliphatic rings. The lowest BCUT2D eigenvalue weighted by atomic mass is 10.1. The van der Waals surface area contributed by atoms with Crippen LogP contribution >= 0.6 is 0 Å². The summed E-state index contributed by atoms with van der Waals surface area (Å²) in [4.78, 5) is 4.15. The first-order valence-corrected chi connectivity index (χ1v) is 6.25. The average molecular weight is 258 g/mol. The maximum atomic E-state index is 9.19. The Morgan fingerprint density at radius 3 is 2.47 bits per heavy atom. The first kappa shape index (κ1) is 13.4. The molecule has 2 aromatic rings. The van der Waals surface area contributed by atoms with E-state index in [1.807, 2.05) is 30.5 Å². The minimum absolute atomic E-state index is 0.306. The van der Waals surface area contributed by atoms with Crippen LogP contribution < -0.4 is 10.1 Å². The molecule has 0 spiro atoms. The van der Waals surface area contributed by atoms with E-state index in [9.17, 15) is 5.11 Å². The molecular weight excluding hydrogens is 240 g/mol. The molecule has 2 rings (SSSR count). The number of hydrogen-bond acceptors (Lipinski definition) is 4. The summed E-state index contributed by atoms with van der Waals surface area (Å²) in [6.45, 7) is 1.67. The van der Waals surface area contributed by atoms with Crippen LogP contribution in [0.4, 0.5) is 0 Å². The molecule has 4 heteroatoms. The second kappa shape index (κ2) is 6.75. The highest BCUT2D eigenvalue weighted by Gasteiger charge is 1.97. The Morgan fingerprint density at radius 2 is 1.84 bits per heavy atom. The van der Waals surface area contributed by atoms with Gasteiger partial charge in [-0.15, -0.1) is 0 Å². The minimum Gasteiger partial charge on any atom is -0.508 e. The zero-order chi connectivity index (χ0) is 13.5. The molecule has 0 unspecified atom stereocenters. The van der Waals surface area contributed by atoms with Crippen molar-refractivity contribution in [2.45, 2.75) is 13.0 Å². The number of phenolic OH excluding ortho intramolecular Hbond substituents is 1. The van der Waals surface area contributed by atoms with Gasteiger partial charge in [0.05, 0.1) is 7.11 Å². The van der Waals surface area contributed by atoms with Gasteiger partial charge in [-0.1, -0.05) is 18.2 Å². The van der Waals surface area contributed by atoms with Crippen LogP contribution in [0, 0.1) is 0 Å². The topological polar surface area (TPSA) is 54.4 Å². The third-order valence-electron chi connectivity index (χ3n) is 2.86. The first-order chi connectivity index (χ1) is 9.28. The molecule has 0 saturated heterocycles. The summed E-state index contributed by atoms with van der Waals surface area (Å²) >= 11 is 0. The molecule has 0 aliphatic heterocycles. The molecule has 1 aromatic carbocycles. The van der Waals surface area contributed by atoms with Crippen molar-refractivity contribution in [1.29, 1.82) is 0 Å². The van der Waals surface area contributed by atoms with Crippen molar-refractivity contribution in [2.24, 2.45) is 0 Å². The van der Waals surface area contributed by atoms with E-state index in [0.717, 1.165) is 25.1 Å². The van der Waals surface area contributed by atoms with E-state index < -0.39 is 0 Å². The van der Waals surface area contributed by atoms with Crippen LogP contribution in [0.25, 0.3) is 0 Å². The number of nitrogens with one attached hydrogen (secondary N) is 1. The number of rotatable bonds is 6. The summed E-state index contributed by atoms with van der Waals surface area (Å²) in [5.74, 6) is 0.939. The Kier molecular flexibility index (Phi) is 4.75. The molecular formula is C15H18N2O2. The molecule has 19 heavy (non-hydrogen) atoms. The van der Waals surface area contributed by atoms with Crippen molar-refractivity contribution < 1.29 is 9.84 Å². The molecule has 0 aliphatic carbocycles. The molecule has 1 heterocycles. The second-order valence-electron chi connectivity index (χ2n) is 4.30. The SMILES string of the molecule is COc1ccc(CNCCc2ccc(O)cc2)cn1. The van der Waals surface area contributed by atoms with Crippen LogP contribution in [-0.2, 0) is 13.0 Å². The van der Waals surface area contributed by atoms with Crippen LogP contribution in [0.3, 0.4) is 0 Å². The van der Waals surface area contributed by atoms with Crippen LogP contribution in [0.15, 0.2) is 42.6 Å². The minimum atomic E-state index is 0.306. The summed E-state index contributed by atoms with van der Waals surface area (Å²) in [5, 5.41) is 12.5. The Labute approximate surface area is 113 Å². The second-order valence-corrected chi connectivity index (χ2v) is 4.30. The van der Waals surface area contributed by atoms with Crippen LogP contribution in [0.5, 0.6) is 11.6 Å². The van der Waals surface area contributed by atoms with Crippen LogP contribution in [0.2, 0.25) is 0 Å². The van der Waals surface area contributed by atoms with Crippen molar-refractivity contribution in [2.75, 3.05) is 13.7 Å². The van der Waals surface area contributed by atoms with Gasteiger partial charge in [-0.2, -0.15) is 0 Å². The molecule has 0 fully saturated rings. The van der Waals surface area contributed by atoms with Gasteiger partial charge in [0.15, 0.2) is 0 Å². The van der Waals surface area contributed by atoms with E-state index in [-0.39, 0.29) is 0 Å². The van der Waals surface area contributed by atoms with Gasteiger partial charge in [-0.3, -0.25) is 0 Å². The van der Waals surface area contributed by atoms with E-state index in [4.69, 9.17) is 4.74 Å². The molecule has 4 nitrogen and oxygen atoms in total. The molecule has 0 bridgehead atoms. The fraction of sp³-hybridized carbons (Fsp3) is 0.267. The van der Waals surface area contributed by atoms with Gasteiger partial charge in [0.1, 0.15) is 5.75 Å². The summed E-state index contributed by atoms with van der Waals surface area (Å²) in [7, 11) is 1.61. The van der Waals surface area contributed by atoms with E-state index in [1.165, 1.54) is 5.56 Å². The largest absolute Gasteiger partial charge is 0.508 e.